The lowest BCUT2D eigenvalue weighted by atomic mass is 10.2. The maximum Gasteiger partial charge on any atom is 0.162 e. The Bertz CT molecular complexity index is 1050. The van der Waals surface area contributed by atoms with E-state index in [9.17, 15) is 0 Å². The number of hydrogen-bond acceptors (Lipinski definition) is 3. The van der Waals surface area contributed by atoms with Crippen LogP contribution in [-0.4, -0.2) is 6.61 Å². The van der Waals surface area contributed by atoms with Crippen LogP contribution in [0.1, 0.15) is 18.1 Å². The molecular weight excluding hydrogens is 532 g/mol. The second-order valence-corrected chi connectivity index (χ2v) is 8.85. The highest BCUT2D eigenvalue weighted by molar-refractivity contribution is 9.10. The van der Waals surface area contributed by atoms with E-state index in [4.69, 9.17) is 55.9 Å². The number of benzene rings is 3. The van der Waals surface area contributed by atoms with Crippen molar-refractivity contribution in [2.24, 2.45) is 0 Å². The standard InChI is InChI=1S/C22H18BrCl4NO2/c1-2-29-21-8-14(11-28-20-6-4-15(24)9-19(20)27)16(23)10-22(21)30-12-13-3-5-17(25)18(26)7-13/h3-10,28H,2,11-12H2,1H3. The molecule has 0 fully saturated rings. The van der Waals surface area contributed by atoms with Crippen LogP contribution in [-0.2, 0) is 13.2 Å². The molecule has 0 aliphatic carbocycles. The molecule has 0 saturated carbocycles. The molecule has 1 N–H and O–H groups in total. The molecule has 0 aliphatic rings. The van der Waals surface area contributed by atoms with Crippen LogP contribution in [0.3, 0.4) is 0 Å². The zero-order valence-corrected chi connectivity index (χ0v) is 20.6. The molecule has 3 aromatic carbocycles. The fraction of sp³-hybridized carbons (Fsp3) is 0.182. The summed E-state index contributed by atoms with van der Waals surface area (Å²) in [5, 5.41) is 5.47. The molecule has 0 radical (unpaired) electrons. The Morgan fingerprint density at radius 2 is 1.60 bits per heavy atom. The average molecular weight is 550 g/mol. The van der Waals surface area contributed by atoms with Gasteiger partial charge in [0.2, 0.25) is 0 Å². The number of rotatable bonds is 8. The van der Waals surface area contributed by atoms with Gasteiger partial charge in [-0.25, -0.2) is 0 Å². The van der Waals surface area contributed by atoms with E-state index in [0.717, 1.165) is 21.3 Å². The van der Waals surface area contributed by atoms with Gasteiger partial charge >= 0.3 is 0 Å². The minimum absolute atomic E-state index is 0.335. The lowest BCUT2D eigenvalue weighted by Gasteiger charge is -2.16. The predicted molar refractivity (Wildman–Crippen MR) is 130 cm³/mol. The Hall–Kier alpha value is -1.30. The molecule has 0 aromatic heterocycles. The molecule has 0 atom stereocenters. The van der Waals surface area contributed by atoms with Gasteiger partial charge in [-0.1, -0.05) is 68.4 Å². The van der Waals surface area contributed by atoms with E-state index in [-0.39, 0.29) is 0 Å². The molecule has 3 nitrogen and oxygen atoms in total. The fourth-order valence-electron chi connectivity index (χ4n) is 2.71. The lowest BCUT2D eigenvalue weighted by Crippen LogP contribution is -2.04. The summed E-state index contributed by atoms with van der Waals surface area (Å²) in [6.45, 7) is 3.31. The second-order valence-electron chi connectivity index (χ2n) is 6.34. The van der Waals surface area contributed by atoms with Crippen LogP contribution in [0.25, 0.3) is 0 Å². The van der Waals surface area contributed by atoms with Crippen molar-refractivity contribution in [3.05, 3.63) is 84.2 Å². The fourth-order valence-corrected chi connectivity index (χ4v) is 3.97. The zero-order chi connectivity index (χ0) is 21.7. The topological polar surface area (TPSA) is 30.5 Å². The summed E-state index contributed by atoms with van der Waals surface area (Å²) < 4.78 is 12.7. The third kappa shape index (κ3) is 6.12. The zero-order valence-electron chi connectivity index (χ0n) is 15.9. The van der Waals surface area contributed by atoms with Gasteiger partial charge in [0.25, 0.3) is 0 Å². The van der Waals surface area contributed by atoms with Crippen LogP contribution in [0.4, 0.5) is 5.69 Å². The molecule has 0 spiro atoms. The molecule has 8 heteroatoms. The van der Waals surface area contributed by atoms with E-state index in [1.165, 1.54) is 0 Å². The summed E-state index contributed by atoms with van der Waals surface area (Å²) in [5.74, 6) is 1.28. The third-order valence-corrected chi connectivity index (χ3v) is 6.22. The first-order valence-corrected chi connectivity index (χ1v) is 11.4. The van der Waals surface area contributed by atoms with E-state index >= 15 is 0 Å². The first kappa shape index (κ1) is 23.4. The Labute approximate surface area is 204 Å². The second kappa shape index (κ2) is 10.8. The minimum atomic E-state index is 0.335. The summed E-state index contributed by atoms with van der Waals surface area (Å²) >= 11 is 27.9. The molecule has 30 heavy (non-hydrogen) atoms. The maximum absolute atomic E-state index is 6.24. The highest BCUT2D eigenvalue weighted by Crippen LogP contribution is 2.35. The van der Waals surface area contributed by atoms with Gasteiger partial charge in [0.05, 0.1) is 27.4 Å². The highest BCUT2D eigenvalue weighted by Gasteiger charge is 2.12. The van der Waals surface area contributed by atoms with Gasteiger partial charge in [-0.3, -0.25) is 0 Å². The van der Waals surface area contributed by atoms with E-state index < -0.39 is 0 Å². The van der Waals surface area contributed by atoms with Gasteiger partial charge in [-0.05, 0) is 60.5 Å². The summed E-state index contributed by atoms with van der Waals surface area (Å²) in [7, 11) is 0. The number of ether oxygens (including phenoxy) is 2. The van der Waals surface area contributed by atoms with Crippen LogP contribution >= 0.6 is 62.3 Å². The smallest absolute Gasteiger partial charge is 0.162 e. The monoisotopic (exact) mass is 547 g/mol. The number of hydrogen-bond donors (Lipinski definition) is 1. The van der Waals surface area contributed by atoms with E-state index in [1.54, 1.807) is 24.3 Å². The Morgan fingerprint density at radius 3 is 2.30 bits per heavy atom. The van der Waals surface area contributed by atoms with Crippen molar-refractivity contribution in [3.8, 4) is 11.5 Å². The molecule has 0 aliphatic heterocycles. The van der Waals surface area contributed by atoms with Crippen molar-refractivity contribution >= 4 is 68.0 Å². The van der Waals surface area contributed by atoms with E-state index in [0.29, 0.717) is 51.3 Å². The van der Waals surface area contributed by atoms with Crippen LogP contribution in [0.2, 0.25) is 20.1 Å². The normalized spacial score (nSPS) is 10.7. The van der Waals surface area contributed by atoms with Crippen LogP contribution in [0, 0.1) is 0 Å². The molecule has 0 saturated heterocycles. The summed E-state index contributed by atoms with van der Waals surface area (Å²) in [4.78, 5) is 0. The Morgan fingerprint density at radius 1 is 0.833 bits per heavy atom. The Kier molecular flexibility index (Phi) is 8.44. The molecule has 0 bridgehead atoms. The Balaban J connectivity index is 1.76. The van der Waals surface area contributed by atoms with Crippen molar-refractivity contribution in [1.82, 2.24) is 0 Å². The van der Waals surface area contributed by atoms with Crippen LogP contribution in [0.5, 0.6) is 11.5 Å². The predicted octanol–water partition coefficient (Wildman–Crippen LogP) is 8.65. The maximum atomic E-state index is 6.24. The van der Waals surface area contributed by atoms with Crippen molar-refractivity contribution in [1.29, 1.82) is 0 Å². The van der Waals surface area contributed by atoms with E-state index in [2.05, 4.69) is 21.2 Å². The van der Waals surface area contributed by atoms with E-state index in [1.807, 2.05) is 31.2 Å². The summed E-state index contributed by atoms with van der Waals surface area (Å²) in [6.07, 6.45) is 0. The largest absolute Gasteiger partial charge is 0.490 e. The lowest BCUT2D eigenvalue weighted by molar-refractivity contribution is 0.269. The van der Waals surface area contributed by atoms with Crippen LogP contribution in [0.15, 0.2) is 53.0 Å². The highest BCUT2D eigenvalue weighted by atomic mass is 79.9. The minimum Gasteiger partial charge on any atom is -0.490 e. The molecule has 3 aromatic rings. The molecule has 0 unspecified atom stereocenters. The first-order valence-electron chi connectivity index (χ1n) is 9.08. The summed E-state index contributed by atoms with van der Waals surface area (Å²) in [6, 6.07) is 14.6. The van der Waals surface area contributed by atoms with Crippen molar-refractivity contribution < 1.29 is 9.47 Å². The van der Waals surface area contributed by atoms with Crippen molar-refractivity contribution in [3.63, 3.8) is 0 Å². The number of anilines is 1. The third-order valence-electron chi connectivity index (χ3n) is 4.19. The van der Waals surface area contributed by atoms with Gasteiger partial charge in [-0.2, -0.15) is 0 Å². The molecule has 0 amide bonds. The van der Waals surface area contributed by atoms with Crippen molar-refractivity contribution in [2.45, 2.75) is 20.1 Å². The van der Waals surface area contributed by atoms with Gasteiger partial charge in [0.1, 0.15) is 6.61 Å². The molecule has 158 valence electrons. The quantitative estimate of drug-likeness (QED) is 0.305. The molecular formula is C22H18BrCl4NO2. The SMILES string of the molecule is CCOc1cc(CNc2ccc(Cl)cc2Cl)c(Br)cc1OCc1ccc(Cl)c(Cl)c1. The van der Waals surface area contributed by atoms with Crippen molar-refractivity contribution in [2.75, 3.05) is 11.9 Å². The van der Waals surface area contributed by atoms with Gasteiger partial charge in [0.15, 0.2) is 11.5 Å². The van der Waals surface area contributed by atoms with Crippen LogP contribution < -0.4 is 14.8 Å². The average Bonchev–Trinajstić information content (AvgIpc) is 2.70. The van der Waals surface area contributed by atoms with Gasteiger partial charge in [-0.15, -0.1) is 0 Å². The molecule has 3 rings (SSSR count). The number of halogens is 5. The molecule has 0 heterocycles. The summed E-state index contributed by atoms with van der Waals surface area (Å²) in [5.41, 5.74) is 2.70. The van der Waals surface area contributed by atoms with Gasteiger partial charge in [0, 0.05) is 16.0 Å². The number of nitrogens with one attached hydrogen (secondary N) is 1. The van der Waals surface area contributed by atoms with Gasteiger partial charge < -0.3 is 14.8 Å². The first-order chi connectivity index (χ1) is 14.4.